The lowest BCUT2D eigenvalue weighted by molar-refractivity contribution is -0.144. The number of likely N-dealkylation sites (tertiary alicyclic amines) is 1. The van der Waals surface area contributed by atoms with Crippen LogP contribution in [0.2, 0.25) is 0 Å². The zero-order chi connectivity index (χ0) is 58.1. The molecule has 0 aliphatic carbocycles. The van der Waals surface area contributed by atoms with Crippen LogP contribution in [0.3, 0.4) is 0 Å². The summed E-state index contributed by atoms with van der Waals surface area (Å²) in [5, 5.41) is 21.9. The Morgan fingerprint density at radius 2 is 1.50 bits per heavy atom. The van der Waals surface area contributed by atoms with Gasteiger partial charge in [-0.2, -0.15) is 13.2 Å². The summed E-state index contributed by atoms with van der Waals surface area (Å²) in [7, 11) is 1.99. The predicted molar refractivity (Wildman–Crippen MR) is 302 cm³/mol. The molecule has 0 radical (unpaired) electrons. The molecule has 2 aliphatic heterocycles. The zero-order valence-electron chi connectivity index (χ0n) is 46.4. The molecule has 16 nitrogen and oxygen atoms in total. The van der Waals surface area contributed by atoms with Crippen molar-refractivity contribution in [3.63, 3.8) is 0 Å². The highest BCUT2D eigenvalue weighted by atomic mass is 32.1. The van der Waals surface area contributed by atoms with Crippen LogP contribution >= 0.6 is 11.3 Å². The first-order valence-corrected chi connectivity index (χ1v) is 28.1. The number of likely N-dealkylation sites (N-methyl/N-ethyl adjacent to an activating group) is 1. The molecule has 7 rings (SSSR count). The summed E-state index contributed by atoms with van der Waals surface area (Å²) < 4.78 is 57.8. The lowest BCUT2D eigenvalue weighted by Crippen LogP contribution is -2.57. The van der Waals surface area contributed by atoms with E-state index in [1.165, 1.54) is 23.1 Å². The van der Waals surface area contributed by atoms with Gasteiger partial charge in [-0.25, -0.2) is 9.37 Å². The fraction of sp³-hybridized carbons (Fsp3) is 0.475. The molecule has 2 aliphatic rings. The second-order valence-electron chi connectivity index (χ2n) is 22.2. The number of rotatable bonds is 21. The number of halogens is 4. The molecule has 0 bridgehead atoms. The number of thiazole rings is 1. The van der Waals surface area contributed by atoms with Crippen LogP contribution in [0.4, 0.5) is 28.9 Å². The number of hydrogen-bond acceptors (Lipinski definition) is 11. The van der Waals surface area contributed by atoms with Crippen molar-refractivity contribution in [1.82, 2.24) is 35.7 Å². The number of piperazine rings is 1. The van der Waals surface area contributed by atoms with Crippen molar-refractivity contribution in [2.24, 2.45) is 5.41 Å². The fourth-order valence-corrected chi connectivity index (χ4v) is 11.1. The van der Waals surface area contributed by atoms with E-state index in [4.69, 9.17) is 0 Å². The standard InChI is InChI=1S/C59H73F4N9O7S/c1-35-31-71(32-36(2)70(35)7)48-23-21-40(26-47(48)68-55(77)44-30-65-51(75)28-45(44)59(61,62)63)43-22-20-41(25-46(43)60)54(76)64-24-14-12-10-8-9-11-13-15-50(74)69-53(58(4,5)6)57(79)72-33-42(73)27-49(72)56(78)66-29-38-16-18-39(19-17-38)52-37(3)67-34-80-52/h16-23,25-26,28,30,34-36,42,49,53,73H,8-15,24,27,29,31-33H2,1-7H3,(H,64,76)(H,65,75)(H,66,78)(H,68,77)(H,69,74)/t35-,36+,42-,49+,53?/m1/s1. The monoisotopic (exact) mass is 1130 g/mol. The highest BCUT2D eigenvalue weighted by Gasteiger charge is 2.44. The summed E-state index contributed by atoms with van der Waals surface area (Å²) in [6.45, 7) is 13.2. The number of nitrogens with zero attached hydrogens (tertiary/aromatic N) is 4. The smallest absolute Gasteiger partial charge is 0.391 e. The van der Waals surface area contributed by atoms with Crippen molar-refractivity contribution in [2.75, 3.05) is 43.4 Å². The number of amides is 5. The first-order valence-electron chi connectivity index (χ1n) is 27.2. The van der Waals surface area contributed by atoms with Crippen molar-refractivity contribution in [2.45, 2.75) is 142 Å². The van der Waals surface area contributed by atoms with Gasteiger partial charge in [0.25, 0.3) is 11.8 Å². The molecule has 4 heterocycles. The maximum absolute atomic E-state index is 15.9. The van der Waals surface area contributed by atoms with E-state index in [9.17, 15) is 47.0 Å². The second kappa shape index (κ2) is 26.5. The topological polar surface area (TPSA) is 209 Å². The summed E-state index contributed by atoms with van der Waals surface area (Å²) in [4.78, 5) is 92.3. The molecule has 0 saturated carbocycles. The van der Waals surface area contributed by atoms with Gasteiger partial charge in [0, 0.05) is 81.0 Å². The van der Waals surface area contributed by atoms with E-state index >= 15 is 4.39 Å². The number of aliphatic hydroxyl groups excluding tert-OH is 1. The molecule has 80 heavy (non-hydrogen) atoms. The van der Waals surface area contributed by atoms with E-state index in [0.717, 1.165) is 66.1 Å². The van der Waals surface area contributed by atoms with Crippen LogP contribution in [-0.2, 0) is 27.1 Å². The number of alkyl halides is 3. The fourth-order valence-electron chi connectivity index (χ4n) is 10.3. The molecule has 6 N–H and O–H groups in total. The van der Waals surface area contributed by atoms with Crippen LogP contribution in [0.5, 0.6) is 0 Å². The van der Waals surface area contributed by atoms with Crippen LogP contribution in [-0.4, -0.2) is 118 Å². The van der Waals surface area contributed by atoms with Crippen molar-refractivity contribution in [3.05, 3.63) is 123 Å². The van der Waals surface area contributed by atoms with Gasteiger partial charge in [0.15, 0.2) is 0 Å². The second-order valence-corrected chi connectivity index (χ2v) is 23.1. The van der Waals surface area contributed by atoms with Gasteiger partial charge in [-0.1, -0.05) is 89.3 Å². The normalized spacial score (nSPS) is 18.2. The van der Waals surface area contributed by atoms with Crippen LogP contribution in [0.1, 0.15) is 130 Å². The van der Waals surface area contributed by atoms with Gasteiger partial charge < -0.3 is 41.2 Å². The van der Waals surface area contributed by atoms with E-state index in [0.29, 0.717) is 49.8 Å². The third-order valence-electron chi connectivity index (χ3n) is 15.0. The number of aryl methyl sites for hydroxylation is 1. The van der Waals surface area contributed by atoms with Gasteiger partial charge in [-0.3, -0.25) is 33.7 Å². The molecule has 5 amide bonds. The summed E-state index contributed by atoms with van der Waals surface area (Å²) in [5.74, 6) is -3.37. The number of carbonyl (C=O) groups is 5. The molecule has 430 valence electrons. The molecule has 3 aromatic carbocycles. The van der Waals surface area contributed by atoms with E-state index in [-0.39, 0.29) is 66.6 Å². The van der Waals surface area contributed by atoms with Gasteiger partial charge >= 0.3 is 6.18 Å². The number of pyridine rings is 1. The quantitative estimate of drug-likeness (QED) is 0.0303. The Bertz CT molecular complexity index is 3060. The molecule has 0 spiro atoms. The Kier molecular flexibility index (Phi) is 20.1. The highest BCUT2D eigenvalue weighted by molar-refractivity contribution is 7.13. The lowest BCUT2D eigenvalue weighted by Gasteiger charge is -2.44. The molecule has 5 atom stereocenters. The number of H-pyrrole nitrogens is 1. The van der Waals surface area contributed by atoms with Crippen molar-refractivity contribution >= 4 is 52.2 Å². The summed E-state index contributed by atoms with van der Waals surface area (Å²) in [6.07, 6.45) is 0.766. The van der Waals surface area contributed by atoms with Gasteiger partial charge in [-0.15, -0.1) is 11.3 Å². The van der Waals surface area contributed by atoms with E-state index < -0.39 is 70.0 Å². The highest BCUT2D eigenvalue weighted by Crippen LogP contribution is 2.37. The van der Waals surface area contributed by atoms with Crippen molar-refractivity contribution in [3.8, 4) is 21.6 Å². The Morgan fingerprint density at radius 3 is 2.14 bits per heavy atom. The SMILES string of the molecule is Cc1ncsc1-c1ccc(CNC(=O)[C@@H]2C[C@@H](O)CN2C(=O)C(NC(=O)CCCCCCCCCNC(=O)c2ccc(-c3ccc(N4C[C@@H](C)N(C)[C@@H](C)C4)c(NC(=O)c4c[nH]c(=O)cc4C(F)(F)F)c3)c(F)c2)C(C)(C)C)cc1. The number of unbranched alkanes of at least 4 members (excludes halogenated alkanes) is 6. The minimum absolute atomic E-state index is 0.0157. The number of hydrogen-bond donors (Lipinski definition) is 6. The van der Waals surface area contributed by atoms with Crippen LogP contribution in [0.25, 0.3) is 21.6 Å². The predicted octanol–water partition coefficient (Wildman–Crippen LogP) is 9.07. The third-order valence-corrected chi connectivity index (χ3v) is 16.0. The molecular weight excluding hydrogens is 1050 g/mol. The number of benzene rings is 3. The number of β-amino-alcohol motifs (C(OH)–C–C–N with tert-alkyl or cyclic N) is 1. The first kappa shape index (κ1) is 60.7. The molecular formula is C59H73F4N9O7S. The summed E-state index contributed by atoms with van der Waals surface area (Å²) in [6, 6.07) is 15.4. The van der Waals surface area contributed by atoms with Gasteiger partial charge in [0.05, 0.1) is 44.7 Å². The lowest BCUT2D eigenvalue weighted by atomic mass is 9.85. The Hall–Kier alpha value is -6.97. The third kappa shape index (κ3) is 15.5. The minimum atomic E-state index is -4.99. The maximum Gasteiger partial charge on any atom is 0.417 e. The van der Waals surface area contributed by atoms with Crippen LogP contribution in [0, 0.1) is 18.2 Å². The minimum Gasteiger partial charge on any atom is -0.391 e. The number of aromatic nitrogens is 2. The van der Waals surface area contributed by atoms with Gasteiger partial charge in [0.2, 0.25) is 23.3 Å². The number of aliphatic hydroxyl groups is 1. The first-order chi connectivity index (χ1) is 37.9. The van der Waals surface area contributed by atoms with Crippen molar-refractivity contribution < 1.29 is 46.6 Å². The number of aromatic amines is 1. The Labute approximate surface area is 468 Å². The zero-order valence-corrected chi connectivity index (χ0v) is 47.2. The summed E-state index contributed by atoms with van der Waals surface area (Å²) >= 11 is 1.56. The number of carbonyl (C=O) groups excluding carboxylic acids is 5. The molecule has 2 saturated heterocycles. The Morgan fingerprint density at radius 1 is 0.838 bits per heavy atom. The number of nitrogens with one attached hydrogen (secondary N) is 5. The summed E-state index contributed by atoms with van der Waals surface area (Å²) in [5.41, 5.74) is 1.94. The van der Waals surface area contributed by atoms with Gasteiger partial charge in [0.1, 0.15) is 17.9 Å². The maximum atomic E-state index is 15.9. The molecule has 1 unspecified atom stereocenters. The van der Waals surface area contributed by atoms with Crippen LogP contribution < -0.4 is 31.7 Å². The molecule has 5 aromatic rings. The molecule has 21 heteroatoms. The molecule has 2 aromatic heterocycles. The van der Waals surface area contributed by atoms with E-state index in [1.54, 1.807) is 29.0 Å². The largest absolute Gasteiger partial charge is 0.417 e. The van der Waals surface area contributed by atoms with Gasteiger partial charge in [-0.05, 0) is 87.0 Å². The van der Waals surface area contributed by atoms with Crippen molar-refractivity contribution in [1.29, 1.82) is 0 Å². The van der Waals surface area contributed by atoms with E-state index in [2.05, 4.69) is 36.1 Å². The Balaban J connectivity index is 0.838. The number of anilines is 2. The molecule has 2 fully saturated rings. The average Bonchev–Trinajstić information content (AvgIpc) is 4.05. The van der Waals surface area contributed by atoms with E-state index in [1.807, 2.05) is 77.8 Å². The average molecular weight is 1130 g/mol. The van der Waals surface area contributed by atoms with Crippen LogP contribution in [0.15, 0.2) is 83.2 Å².